The van der Waals surface area contributed by atoms with Crippen molar-refractivity contribution in [3.8, 4) is 23.0 Å². The number of phenols is 1. The predicted molar refractivity (Wildman–Crippen MR) is 75.2 cm³/mol. The van der Waals surface area contributed by atoms with Crippen molar-refractivity contribution in [2.45, 2.75) is 13.0 Å². The quantitative estimate of drug-likeness (QED) is 0.840. The first kappa shape index (κ1) is 15.2. The van der Waals surface area contributed by atoms with Gasteiger partial charge in [0.15, 0.2) is 23.0 Å². The molecule has 2 N–H and O–H groups in total. The second-order valence-corrected chi connectivity index (χ2v) is 4.98. The van der Waals surface area contributed by atoms with Crippen LogP contribution in [0.4, 0.5) is 0 Å². The molecule has 0 amide bonds. The minimum atomic E-state index is -1.24. The van der Waals surface area contributed by atoms with E-state index in [1.807, 2.05) is 0 Å². The van der Waals surface area contributed by atoms with Gasteiger partial charge in [0.2, 0.25) is 24.1 Å². The van der Waals surface area contributed by atoms with E-state index in [9.17, 15) is 19.8 Å². The van der Waals surface area contributed by atoms with E-state index in [4.69, 9.17) is 18.9 Å². The normalized spacial score (nSPS) is 17.2. The van der Waals surface area contributed by atoms with Gasteiger partial charge < -0.3 is 29.2 Å². The maximum atomic E-state index is 12.7. The Balaban J connectivity index is 2.39. The highest BCUT2D eigenvalue weighted by molar-refractivity contribution is 6.29. The van der Waals surface area contributed by atoms with Gasteiger partial charge in [0.05, 0.1) is 37.0 Å². The molecule has 1 aromatic rings. The Morgan fingerprint density at radius 3 is 2.26 bits per heavy atom. The number of phenolic OH excluding ortho intramolecular Hbond substituents is 1. The van der Waals surface area contributed by atoms with Crippen molar-refractivity contribution in [3.05, 3.63) is 22.5 Å². The van der Waals surface area contributed by atoms with E-state index in [2.05, 4.69) is 0 Å². The van der Waals surface area contributed by atoms with Crippen LogP contribution in [0.3, 0.4) is 0 Å². The summed E-state index contributed by atoms with van der Waals surface area (Å²) in [7, 11) is 2.49. The van der Waals surface area contributed by atoms with Gasteiger partial charge in [-0.3, -0.25) is 9.59 Å². The van der Waals surface area contributed by atoms with E-state index in [1.165, 1.54) is 21.1 Å². The van der Waals surface area contributed by atoms with Crippen molar-refractivity contribution < 1.29 is 38.7 Å². The molecule has 0 aromatic heterocycles. The van der Waals surface area contributed by atoms with E-state index in [-0.39, 0.29) is 46.5 Å². The monoisotopic (exact) mass is 322 g/mol. The van der Waals surface area contributed by atoms with Gasteiger partial charge in [0, 0.05) is 0 Å². The summed E-state index contributed by atoms with van der Waals surface area (Å²) in [5.41, 5.74) is -0.665. The fraction of sp³-hybridized carbons (Fsp3) is 0.333. The average molecular weight is 322 g/mol. The molecule has 0 saturated heterocycles. The Labute approximate surface area is 130 Å². The van der Waals surface area contributed by atoms with E-state index in [0.29, 0.717) is 0 Å². The largest absolute Gasteiger partial charge is 0.504 e. The molecule has 1 aliphatic heterocycles. The molecule has 0 radical (unpaired) electrons. The molecule has 122 valence electrons. The van der Waals surface area contributed by atoms with Crippen LogP contribution in [0.5, 0.6) is 23.0 Å². The maximum Gasteiger partial charge on any atom is 0.232 e. The number of aliphatic hydroxyl groups excluding tert-OH is 1. The molecule has 23 heavy (non-hydrogen) atoms. The van der Waals surface area contributed by atoms with Gasteiger partial charge in [0.25, 0.3) is 0 Å². The van der Waals surface area contributed by atoms with E-state index >= 15 is 0 Å². The van der Waals surface area contributed by atoms with Crippen LogP contribution in [-0.4, -0.2) is 48.9 Å². The fourth-order valence-electron chi connectivity index (χ4n) is 2.77. The summed E-state index contributed by atoms with van der Waals surface area (Å²) in [6.07, 6.45) is -1.24. The Morgan fingerprint density at radius 2 is 1.70 bits per heavy atom. The number of methoxy groups -OCH3 is 2. The third-order valence-corrected chi connectivity index (χ3v) is 3.72. The lowest BCUT2D eigenvalue weighted by molar-refractivity contribution is 0.0866. The number of allylic oxidation sites excluding steroid dienone is 1. The van der Waals surface area contributed by atoms with Crippen molar-refractivity contribution >= 4 is 11.6 Å². The number of benzene rings is 1. The molecule has 1 aliphatic carbocycles. The van der Waals surface area contributed by atoms with Gasteiger partial charge in [-0.2, -0.15) is 0 Å². The van der Waals surface area contributed by atoms with Crippen LogP contribution in [0, 0.1) is 0 Å². The second-order valence-electron chi connectivity index (χ2n) is 4.98. The lowest BCUT2D eigenvalue weighted by Crippen LogP contribution is -2.29. The van der Waals surface area contributed by atoms with Gasteiger partial charge in [-0.25, -0.2) is 0 Å². The zero-order chi connectivity index (χ0) is 16.9. The topological polar surface area (TPSA) is 112 Å². The summed E-state index contributed by atoms with van der Waals surface area (Å²) in [5.74, 6) is -2.35. The Morgan fingerprint density at radius 1 is 1.04 bits per heavy atom. The first-order chi connectivity index (χ1) is 10.9. The Bertz CT molecular complexity index is 759. The number of ether oxygens (including phenoxy) is 4. The van der Waals surface area contributed by atoms with Gasteiger partial charge in [0.1, 0.15) is 0 Å². The van der Waals surface area contributed by atoms with Crippen LogP contribution in [0.1, 0.15) is 27.6 Å². The highest BCUT2D eigenvalue weighted by atomic mass is 16.7. The van der Waals surface area contributed by atoms with Crippen LogP contribution < -0.4 is 14.2 Å². The third-order valence-electron chi connectivity index (χ3n) is 3.72. The molecule has 1 heterocycles. The summed E-state index contributed by atoms with van der Waals surface area (Å²) >= 11 is 0. The van der Waals surface area contributed by atoms with Crippen molar-refractivity contribution in [2.75, 3.05) is 21.0 Å². The highest BCUT2D eigenvalue weighted by Gasteiger charge is 2.44. The zero-order valence-corrected chi connectivity index (χ0v) is 12.6. The molecule has 1 aromatic carbocycles. The number of carbonyl (C=O) groups excluding carboxylic acids is 2. The van der Waals surface area contributed by atoms with E-state index in [0.717, 1.165) is 0 Å². The number of rotatable bonds is 3. The minimum absolute atomic E-state index is 0.00121. The van der Waals surface area contributed by atoms with Crippen LogP contribution >= 0.6 is 0 Å². The molecule has 1 atom stereocenters. The zero-order valence-electron chi connectivity index (χ0n) is 12.6. The standard InChI is InChI=1S/C15H14O8/c1-5(16)6-9(17)8-7(10(18)12(6)20-2)11(19)14(21-3)15-13(8)22-4-23-15/h5,16,19H,4H2,1-3H3/t5-/m0/s1. The SMILES string of the molecule is COC1=C([C@H](C)O)C(=O)c2c3c(c(OC)c(O)c2C1=O)OCO3. The lowest BCUT2D eigenvalue weighted by atomic mass is 9.84. The average Bonchev–Trinajstić information content (AvgIpc) is 2.98. The maximum absolute atomic E-state index is 12.7. The van der Waals surface area contributed by atoms with Gasteiger partial charge in [-0.05, 0) is 6.92 Å². The molecule has 0 spiro atoms. The van der Waals surface area contributed by atoms with Crippen molar-refractivity contribution in [3.63, 3.8) is 0 Å². The number of aliphatic hydroxyl groups is 1. The smallest absolute Gasteiger partial charge is 0.232 e. The van der Waals surface area contributed by atoms with Gasteiger partial charge >= 0.3 is 0 Å². The number of aromatic hydroxyl groups is 1. The molecular weight excluding hydrogens is 308 g/mol. The second kappa shape index (κ2) is 5.17. The summed E-state index contributed by atoms with van der Waals surface area (Å²) in [6.45, 7) is 1.15. The van der Waals surface area contributed by atoms with Crippen LogP contribution in [0.2, 0.25) is 0 Å². The fourth-order valence-corrected chi connectivity index (χ4v) is 2.77. The van der Waals surface area contributed by atoms with Crippen molar-refractivity contribution in [1.82, 2.24) is 0 Å². The predicted octanol–water partition coefficient (Wildman–Crippen LogP) is 0.790. The van der Waals surface area contributed by atoms with E-state index in [1.54, 1.807) is 0 Å². The number of hydrogen-bond donors (Lipinski definition) is 2. The Kier molecular flexibility index (Phi) is 3.41. The first-order valence-corrected chi connectivity index (χ1v) is 6.72. The molecular formula is C15H14O8. The number of carbonyl (C=O) groups is 2. The first-order valence-electron chi connectivity index (χ1n) is 6.72. The molecule has 0 fully saturated rings. The molecule has 8 nitrogen and oxygen atoms in total. The number of Topliss-reactive ketones (excluding diaryl/α,β-unsaturated/α-hetero) is 2. The number of fused-ring (bicyclic) bond motifs is 3. The number of hydrogen-bond acceptors (Lipinski definition) is 8. The van der Waals surface area contributed by atoms with Crippen LogP contribution in [0.15, 0.2) is 11.3 Å². The molecule has 8 heteroatoms. The molecule has 0 unspecified atom stereocenters. The lowest BCUT2D eigenvalue weighted by Gasteiger charge is -2.24. The Hall–Kier alpha value is -2.74. The number of ketones is 2. The molecule has 0 saturated carbocycles. The highest BCUT2D eigenvalue weighted by Crippen LogP contribution is 2.53. The molecule has 3 rings (SSSR count). The van der Waals surface area contributed by atoms with E-state index < -0.39 is 23.4 Å². The molecule has 2 aliphatic rings. The van der Waals surface area contributed by atoms with Crippen LogP contribution in [0.25, 0.3) is 0 Å². The third kappa shape index (κ3) is 1.88. The summed E-state index contributed by atoms with van der Waals surface area (Å²) < 4.78 is 20.5. The van der Waals surface area contributed by atoms with Crippen molar-refractivity contribution in [2.24, 2.45) is 0 Å². The minimum Gasteiger partial charge on any atom is -0.504 e. The van der Waals surface area contributed by atoms with Gasteiger partial charge in [-0.15, -0.1) is 0 Å². The van der Waals surface area contributed by atoms with Gasteiger partial charge in [-0.1, -0.05) is 0 Å². The summed E-state index contributed by atoms with van der Waals surface area (Å²) in [5, 5.41) is 20.2. The van der Waals surface area contributed by atoms with Crippen molar-refractivity contribution in [1.29, 1.82) is 0 Å². The summed E-state index contributed by atoms with van der Waals surface area (Å²) in [6, 6.07) is 0. The van der Waals surface area contributed by atoms with Crippen LogP contribution in [-0.2, 0) is 4.74 Å². The molecule has 0 bridgehead atoms. The summed E-state index contributed by atoms with van der Waals surface area (Å²) in [4.78, 5) is 25.4.